The molecule has 1 aliphatic carbocycles. The van der Waals surface area contributed by atoms with E-state index in [1.165, 1.54) is 29.8 Å². The van der Waals surface area contributed by atoms with Gasteiger partial charge < -0.3 is 5.32 Å². The molecule has 1 aliphatic rings. The summed E-state index contributed by atoms with van der Waals surface area (Å²) >= 11 is 0. The summed E-state index contributed by atoms with van der Waals surface area (Å²) in [6, 6.07) is 0.761. The second-order valence-corrected chi connectivity index (χ2v) is 6.32. The lowest BCUT2D eigenvalue weighted by Crippen LogP contribution is -2.26. The second kappa shape index (κ2) is 5.04. The van der Waals surface area contributed by atoms with Gasteiger partial charge in [0.2, 0.25) is 0 Å². The van der Waals surface area contributed by atoms with E-state index in [9.17, 15) is 0 Å². The number of hydrogen-bond acceptors (Lipinski definition) is 2. The summed E-state index contributed by atoms with van der Waals surface area (Å²) in [4.78, 5) is 0. The van der Waals surface area contributed by atoms with Crippen LogP contribution in [0.4, 0.5) is 0 Å². The Kier molecular flexibility index (Phi) is 3.81. The number of nitrogens with one attached hydrogen (secondary N) is 1. The fraction of sp³-hybridized carbons (Fsp3) is 0.800. The molecule has 0 amide bonds. The number of hydrogen-bond donors (Lipinski definition) is 1. The maximum Gasteiger partial charge on any atom is 0.0669 e. The molecule has 0 unspecified atom stereocenters. The van der Waals surface area contributed by atoms with Gasteiger partial charge in [-0.3, -0.25) is 4.68 Å². The van der Waals surface area contributed by atoms with E-state index < -0.39 is 0 Å². The van der Waals surface area contributed by atoms with Crippen molar-refractivity contribution in [3.05, 3.63) is 17.0 Å². The van der Waals surface area contributed by atoms with Crippen LogP contribution in [0.25, 0.3) is 0 Å². The van der Waals surface area contributed by atoms with Gasteiger partial charge in [0.25, 0.3) is 0 Å². The first-order chi connectivity index (χ1) is 8.47. The van der Waals surface area contributed by atoms with Crippen molar-refractivity contribution >= 4 is 0 Å². The van der Waals surface area contributed by atoms with Crippen molar-refractivity contribution in [3.8, 4) is 0 Å². The molecule has 102 valence electrons. The Hall–Kier alpha value is -0.830. The fourth-order valence-electron chi connectivity index (χ4n) is 2.48. The van der Waals surface area contributed by atoms with E-state index in [1.807, 2.05) is 0 Å². The Labute approximate surface area is 111 Å². The average molecular weight is 249 g/mol. The maximum absolute atomic E-state index is 4.85. The highest BCUT2D eigenvalue weighted by Crippen LogP contribution is 2.25. The van der Waals surface area contributed by atoms with Gasteiger partial charge in [-0.05, 0) is 46.5 Å². The summed E-state index contributed by atoms with van der Waals surface area (Å²) in [5.74, 6) is 0. The normalized spacial score (nSPS) is 16.3. The molecule has 3 heteroatoms. The van der Waals surface area contributed by atoms with Crippen LogP contribution in [0, 0.1) is 0 Å². The van der Waals surface area contributed by atoms with Crippen LogP contribution >= 0.6 is 0 Å². The van der Waals surface area contributed by atoms with Crippen LogP contribution in [0.2, 0.25) is 0 Å². The van der Waals surface area contributed by atoms with Crippen LogP contribution in [-0.4, -0.2) is 15.8 Å². The molecular formula is C15H27N3. The zero-order chi connectivity index (χ0) is 13.3. The van der Waals surface area contributed by atoms with E-state index in [0.717, 1.165) is 25.4 Å². The van der Waals surface area contributed by atoms with Crippen molar-refractivity contribution in [2.75, 3.05) is 0 Å². The monoisotopic (exact) mass is 249 g/mol. The van der Waals surface area contributed by atoms with Crippen LogP contribution < -0.4 is 5.32 Å². The minimum absolute atomic E-state index is 0.0765. The van der Waals surface area contributed by atoms with Crippen molar-refractivity contribution in [1.82, 2.24) is 15.1 Å². The molecule has 1 fully saturated rings. The van der Waals surface area contributed by atoms with Gasteiger partial charge >= 0.3 is 0 Å². The fourth-order valence-corrected chi connectivity index (χ4v) is 2.48. The Bertz CT molecular complexity index is 408. The summed E-state index contributed by atoms with van der Waals surface area (Å²) in [7, 11) is 0. The predicted molar refractivity (Wildman–Crippen MR) is 75.8 cm³/mol. The number of aryl methyl sites for hydroxylation is 1. The highest BCUT2D eigenvalue weighted by molar-refractivity contribution is 5.28. The molecule has 1 aromatic rings. The van der Waals surface area contributed by atoms with E-state index in [0.29, 0.717) is 0 Å². The summed E-state index contributed by atoms with van der Waals surface area (Å²) in [5.41, 5.74) is 4.21. The van der Waals surface area contributed by atoms with Crippen molar-refractivity contribution in [2.24, 2.45) is 0 Å². The van der Waals surface area contributed by atoms with E-state index in [1.54, 1.807) is 0 Å². The van der Waals surface area contributed by atoms with Gasteiger partial charge in [0, 0.05) is 23.8 Å². The minimum Gasteiger partial charge on any atom is -0.310 e. The second-order valence-electron chi connectivity index (χ2n) is 6.32. The molecule has 3 nitrogen and oxygen atoms in total. The van der Waals surface area contributed by atoms with E-state index in [4.69, 9.17) is 5.10 Å². The van der Waals surface area contributed by atoms with E-state index in [2.05, 4.69) is 44.6 Å². The highest BCUT2D eigenvalue weighted by atomic mass is 15.3. The smallest absolute Gasteiger partial charge is 0.0669 e. The van der Waals surface area contributed by atoms with Crippen LogP contribution in [0.15, 0.2) is 0 Å². The van der Waals surface area contributed by atoms with Crippen molar-refractivity contribution in [3.63, 3.8) is 0 Å². The molecule has 1 N–H and O–H groups in total. The van der Waals surface area contributed by atoms with Gasteiger partial charge in [0.15, 0.2) is 0 Å². The Balaban J connectivity index is 2.31. The summed E-state index contributed by atoms with van der Waals surface area (Å²) in [6.45, 7) is 12.1. The molecule has 0 aliphatic heterocycles. The molecule has 2 rings (SSSR count). The molecule has 0 atom stereocenters. The third-order valence-corrected chi connectivity index (χ3v) is 3.62. The van der Waals surface area contributed by atoms with Crippen LogP contribution in [-0.2, 0) is 24.9 Å². The number of nitrogens with zero attached hydrogens (tertiary/aromatic N) is 2. The first-order valence-electron chi connectivity index (χ1n) is 7.30. The van der Waals surface area contributed by atoms with Crippen LogP contribution in [0.5, 0.6) is 0 Å². The van der Waals surface area contributed by atoms with E-state index in [-0.39, 0.29) is 5.54 Å². The van der Waals surface area contributed by atoms with Gasteiger partial charge in [-0.15, -0.1) is 0 Å². The minimum atomic E-state index is 0.0765. The summed E-state index contributed by atoms with van der Waals surface area (Å²) in [5, 5.41) is 8.48. The topological polar surface area (TPSA) is 29.9 Å². The largest absolute Gasteiger partial charge is 0.310 e. The SMILES string of the molecule is CCc1nn(C(C)(C)C)c(CC)c1CNC1CC1. The molecule has 0 spiro atoms. The molecule has 0 radical (unpaired) electrons. The molecule has 1 heterocycles. The lowest BCUT2D eigenvalue weighted by atomic mass is 10.1. The first-order valence-corrected chi connectivity index (χ1v) is 7.30. The Morgan fingerprint density at radius 2 is 1.89 bits per heavy atom. The summed E-state index contributed by atoms with van der Waals surface area (Å²) < 4.78 is 2.23. The van der Waals surface area contributed by atoms with Gasteiger partial charge in [-0.25, -0.2) is 0 Å². The third-order valence-electron chi connectivity index (χ3n) is 3.62. The van der Waals surface area contributed by atoms with Gasteiger partial charge in [-0.1, -0.05) is 13.8 Å². The highest BCUT2D eigenvalue weighted by Gasteiger charge is 2.25. The maximum atomic E-state index is 4.85. The Morgan fingerprint density at radius 1 is 1.22 bits per heavy atom. The molecule has 1 aromatic heterocycles. The van der Waals surface area contributed by atoms with Gasteiger partial charge in [0.1, 0.15) is 0 Å². The summed E-state index contributed by atoms with van der Waals surface area (Å²) in [6.07, 6.45) is 4.77. The zero-order valence-electron chi connectivity index (χ0n) is 12.5. The van der Waals surface area contributed by atoms with Crippen LogP contribution in [0.3, 0.4) is 0 Å². The molecular weight excluding hydrogens is 222 g/mol. The van der Waals surface area contributed by atoms with Gasteiger partial charge in [0.05, 0.1) is 11.2 Å². The van der Waals surface area contributed by atoms with Crippen molar-refractivity contribution < 1.29 is 0 Å². The molecule has 0 aromatic carbocycles. The molecule has 0 saturated heterocycles. The first kappa shape index (κ1) is 13.6. The molecule has 18 heavy (non-hydrogen) atoms. The van der Waals surface area contributed by atoms with Crippen LogP contribution in [0.1, 0.15) is 64.4 Å². The van der Waals surface area contributed by atoms with Crippen molar-refractivity contribution in [1.29, 1.82) is 0 Å². The molecule has 1 saturated carbocycles. The van der Waals surface area contributed by atoms with Crippen molar-refractivity contribution in [2.45, 2.75) is 78.4 Å². The lowest BCUT2D eigenvalue weighted by Gasteiger charge is -2.22. The molecule has 0 bridgehead atoms. The standard InChI is InChI=1S/C15H27N3/c1-6-13-12(10-16-11-8-9-11)14(7-2)18(17-13)15(3,4)5/h11,16H,6-10H2,1-5H3. The lowest BCUT2D eigenvalue weighted by molar-refractivity contribution is 0.342. The van der Waals surface area contributed by atoms with E-state index >= 15 is 0 Å². The average Bonchev–Trinajstić information content (AvgIpc) is 3.04. The third kappa shape index (κ3) is 2.77. The predicted octanol–water partition coefficient (Wildman–Crippen LogP) is 3.01. The zero-order valence-corrected chi connectivity index (χ0v) is 12.5. The Morgan fingerprint density at radius 3 is 2.33 bits per heavy atom. The quantitative estimate of drug-likeness (QED) is 0.869. The van der Waals surface area contributed by atoms with Gasteiger partial charge in [-0.2, -0.15) is 5.10 Å². The number of rotatable bonds is 5. The number of aromatic nitrogens is 2.